The molecule has 0 unspecified atom stereocenters. The van der Waals surface area contributed by atoms with Crippen molar-refractivity contribution in [3.63, 3.8) is 0 Å². The van der Waals surface area contributed by atoms with Gasteiger partial charge in [-0.2, -0.15) is 0 Å². The number of hydrogen-bond donors (Lipinski definition) is 0. The molecular formula is C18H16O5. The van der Waals surface area contributed by atoms with Gasteiger partial charge in [-0.25, -0.2) is 0 Å². The average Bonchev–Trinajstić information content (AvgIpc) is 3.06. The summed E-state index contributed by atoms with van der Waals surface area (Å²) in [5.41, 5.74) is 1.30. The van der Waals surface area contributed by atoms with Crippen molar-refractivity contribution in [2.75, 3.05) is 21.0 Å². The van der Waals surface area contributed by atoms with Crippen LogP contribution in [0.5, 0.6) is 23.0 Å². The second-order valence-corrected chi connectivity index (χ2v) is 4.85. The molecule has 0 atom stereocenters. The first-order valence-electron chi connectivity index (χ1n) is 7.06. The topological polar surface area (TPSA) is 54.0 Å². The van der Waals surface area contributed by atoms with Gasteiger partial charge >= 0.3 is 0 Å². The lowest BCUT2D eigenvalue weighted by Crippen LogP contribution is -1.95. The quantitative estimate of drug-likeness (QED) is 0.626. The van der Waals surface area contributed by atoms with Crippen molar-refractivity contribution in [3.8, 4) is 23.0 Å². The molecule has 0 aliphatic carbocycles. The number of benzene rings is 2. The predicted molar refractivity (Wildman–Crippen MR) is 85.5 cm³/mol. The molecule has 2 aromatic rings. The monoisotopic (exact) mass is 312 g/mol. The van der Waals surface area contributed by atoms with Crippen molar-refractivity contribution >= 4 is 11.9 Å². The minimum Gasteiger partial charge on any atom is -0.493 e. The van der Waals surface area contributed by atoms with E-state index < -0.39 is 0 Å². The fraction of sp³-hybridized carbons (Fsp3) is 0.167. The first-order chi connectivity index (χ1) is 11.2. The van der Waals surface area contributed by atoms with Gasteiger partial charge in [0.2, 0.25) is 6.79 Å². The number of carbonyl (C=O) groups excluding carboxylic acids is 1. The summed E-state index contributed by atoms with van der Waals surface area (Å²) < 4.78 is 21.1. The molecular weight excluding hydrogens is 296 g/mol. The normalized spacial score (nSPS) is 12.4. The molecule has 0 N–H and O–H groups in total. The molecule has 0 saturated carbocycles. The number of ketones is 1. The highest BCUT2D eigenvalue weighted by Gasteiger charge is 2.15. The van der Waals surface area contributed by atoms with Crippen LogP contribution < -0.4 is 18.9 Å². The van der Waals surface area contributed by atoms with Crippen LogP contribution in [0.25, 0.3) is 6.08 Å². The molecule has 0 spiro atoms. The van der Waals surface area contributed by atoms with Crippen LogP contribution in [-0.4, -0.2) is 26.8 Å². The number of carbonyl (C=O) groups is 1. The number of hydrogen-bond acceptors (Lipinski definition) is 5. The van der Waals surface area contributed by atoms with Gasteiger partial charge < -0.3 is 18.9 Å². The fourth-order valence-corrected chi connectivity index (χ4v) is 2.35. The number of allylic oxidation sites excluding steroid dienone is 1. The lowest BCUT2D eigenvalue weighted by Gasteiger charge is -2.09. The molecule has 0 amide bonds. The van der Waals surface area contributed by atoms with E-state index in [0.717, 1.165) is 5.56 Å². The molecule has 0 saturated heterocycles. The lowest BCUT2D eigenvalue weighted by atomic mass is 10.1. The molecule has 0 bridgehead atoms. The summed E-state index contributed by atoms with van der Waals surface area (Å²) in [6.07, 6.45) is 3.20. The third-order valence-electron chi connectivity index (χ3n) is 3.50. The van der Waals surface area contributed by atoms with E-state index in [-0.39, 0.29) is 12.6 Å². The van der Waals surface area contributed by atoms with Crippen molar-refractivity contribution in [3.05, 3.63) is 53.6 Å². The zero-order chi connectivity index (χ0) is 16.2. The van der Waals surface area contributed by atoms with Crippen LogP contribution in [0.2, 0.25) is 0 Å². The van der Waals surface area contributed by atoms with Crippen molar-refractivity contribution in [2.45, 2.75) is 0 Å². The predicted octanol–water partition coefficient (Wildman–Crippen LogP) is 3.33. The van der Waals surface area contributed by atoms with Crippen LogP contribution >= 0.6 is 0 Å². The van der Waals surface area contributed by atoms with Crippen molar-refractivity contribution in [1.82, 2.24) is 0 Å². The molecule has 0 radical (unpaired) electrons. The van der Waals surface area contributed by atoms with Gasteiger partial charge in [-0.15, -0.1) is 0 Å². The van der Waals surface area contributed by atoms with Gasteiger partial charge in [0, 0.05) is 11.1 Å². The maximum Gasteiger partial charge on any atom is 0.231 e. The van der Waals surface area contributed by atoms with Crippen molar-refractivity contribution in [1.29, 1.82) is 0 Å². The van der Waals surface area contributed by atoms with Crippen LogP contribution in [0.3, 0.4) is 0 Å². The number of ether oxygens (including phenoxy) is 4. The first-order valence-corrected chi connectivity index (χ1v) is 7.06. The van der Waals surface area contributed by atoms with Gasteiger partial charge in [0.05, 0.1) is 14.2 Å². The molecule has 5 nitrogen and oxygen atoms in total. The van der Waals surface area contributed by atoms with Gasteiger partial charge in [0.25, 0.3) is 0 Å². The molecule has 2 aromatic carbocycles. The van der Waals surface area contributed by atoms with E-state index in [1.165, 1.54) is 6.08 Å². The largest absolute Gasteiger partial charge is 0.493 e. The maximum atomic E-state index is 12.3. The summed E-state index contributed by atoms with van der Waals surface area (Å²) in [6.45, 7) is 0.184. The van der Waals surface area contributed by atoms with Gasteiger partial charge in [-0.3, -0.25) is 4.79 Å². The highest BCUT2D eigenvalue weighted by molar-refractivity contribution is 6.07. The summed E-state index contributed by atoms with van der Waals surface area (Å²) in [5, 5.41) is 0. The Morgan fingerprint density at radius 1 is 1.09 bits per heavy atom. The van der Waals surface area contributed by atoms with Gasteiger partial charge in [0.15, 0.2) is 28.8 Å². The lowest BCUT2D eigenvalue weighted by molar-refractivity contribution is 0.104. The maximum absolute atomic E-state index is 12.3. The summed E-state index contributed by atoms with van der Waals surface area (Å²) in [4.78, 5) is 12.3. The zero-order valence-electron chi connectivity index (χ0n) is 12.9. The second-order valence-electron chi connectivity index (χ2n) is 4.85. The molecule has 0 fully saturated rings. The minimum atomic E-state index is -0.131. The molecule has 23 heavy (non-hydrogen) atoms. The van der Waals surface area contributed by atoms with Gasteiger partial charge in [0.1, 0.15) is 0 Å². The Labute approximate surface area is 134 Å². The summed E-state index contributed by atoms with van der Waals surface area (Å²) in [7, 11) is 3.14. The third-order valence-corrected chi connectivity index (χ3v) is 3.50. The standard InChI is InChI=1S/C18H16O5/c1-20-16-5-3-4-12(18(16)21-2)6-8-14(19)13-7-9-15-17(10-13)23-11-22-15/h3-10H,11H2,1-2H3/b8-6-. The van der Waals surface area contributed by atoms with Crippen molar-refractivity contribution in [2.24, 2.45) is 0 Å². The minimum absolute atomic E-state index is 0.131. The first kappa shape index (κ1) is 15.0. The van der Waals surface area contributed by atoms with E-state index in [1.54, 1.807) is 44.6 Å². The zero-order valence-corrected chi connectivity index (χ0v) is 12.9. The van der Waals surface area contributed by atoms with Crippen LogP contribution in [0.4, 0.5) is 0 Å². The van der Waals surface area contributed by atoms with E-state index in [9.17, 15) is 4.79 Å². The molecule has 1 aliphatic heterocycles. The summed E-state index contributed by atoms with van der Waals surface area (Å²) in [6, 6.07) is 10.6. The highest BCUT2D eigenvalue weighted by atomic mass is 16.7. The SMILES string of the molecule is COc1cccc(/C=C\C(=O)c2ccc3c(c2)OCO3)c1OC. The van der Waals surface area contributed by atoms with E-state index >= 15 is 0 Å². The molecule has 3 rings (SSSR count). The fourth-order valence-electron chi connectivity index (χ4n) is 2.35. The Morgan fingerprint density at radius 2 is 1.91 bits per heavy atom. The Kier molecular flexibility index (Phi) is 4.19. The van der Waals surface area contributed by atoms with Gasteiger partial charge in [-0.1, -0.05) is 12.1 Å². The smallest absolute Gasteiger partial charge is 0.231 e. The molecule has 1 heterocycles. The number of para-hydroxylation sites is 1. The van der Waals surface area contributed by atoms with Gasteiger partial charge in [-0.05, 0) is 36.4 Å². The highest BCUT2D eigenvalue weighted by Crippen LogP contribution is 2.33. The summed E-state index contributed by atoms with van der Waals surface area (Å²) in [5.74, 6) is 2.31. The van der Waals surface area contributed by atoms with Crippen LogP contribution in [-0.2, 0) is 0 Å². The van der Waals surface area contributed by atoms with E-state index in [1.807, 2.05) is 12.1 Å². The van der Waals surface area contributed by atoms with Crippen LogP contribution in [0, 0.1) is 0 Å². The third kappa shape index (κ3) is 2.99. The van der Waals surface area contributed by atoms with Crippen LogP contribution in [0.1, 0.15) is 15.9 Å². The Morgan fingerprint density at radius 3 is 2.70 bits per heavy atom. The summed E-state index contributed by atoms with van der Waals surface area (Å²) >= 11 is 0. The van der Waals surface area contributed by atoms with E-state index in [0.29, 0.717) is 28.6 Å². The number of rotatable bonds is 5. The molecule has 118 valence electrons. The number of methoxy groups -OCH3 is 2. The molecule has 5 heteroatoms. The molecule has 1 aliphatic rings. The Bertz CT molecular complexity index is 764. The van der Waals surface area contributed by atoms with Crippen LogP contribution in [0.15, 0.2) is 42.5 Å². The van der Waals surface area contributed by atoms with Crippen molar-refractivity contribution < 1.29 is 23.7 Å². The Hall–Kier alpha value is -2.95. The average molecular weight is 312 g/mol. The Balaban J connectivity index is 1.84. The number of fused-ring (bicyclic) bond motifs is 1. The van der Waals surface area contributed by atoms with E-state index in [2.05, 4.69) is 0 Å². The van der Waals surface area contributed by atoms with E-state index in [4.69, 9.17) is 18.9 Å². The second kappa shape index (κ2) is 6.44. The molecule has 0 aromatic heterocycles.